The summed E-state index contributed by atoms with van der Waals surface area (Å²) >= 11 is 0. The van der Waals surface area contributed by atoms with Crippen LogP contribution in [0.25, 0.3) is 10.9 Å². The zero-order valence-corrected chi connectivity index (χ0v) is 7.39. The molecule has 0 aliphatic heterocycles. The number of aryl methyl sites for hydroxylation is 2. The first kappa shape index (κ1) is 6.30. The molecular formula is C11H11N. The fourth-order valence-corrected chi connectivity index (χ4v) is 2.11. The minimum atomic E-state index is 1.21. The Hall–Kier alpha value is -1.24. The van der Waals surface area contributed by atoms with Crippen LogP contribution in [0, 0.1) is 6.92 Å². The number of aromatic nitrogens is 1. The molecule has 12 heavy (non-hydrogen) atoms. The second-order valence-electron chi connectivity index (χ2n) is 3.70. The van der Waals surface area contributed by atoms with Crippen LogP contribution in [0.5, 0.6) is 0 Å². The molecule has 1 aromatic carbocycles. The summed E-state index contributed by atoms with van der Waals surface area (Å²) in [5.41, 5.74) is 5.93. The number of nitrogens with zero attached hydrogens (tertiary/aromatic N) is 1. The third kappa shape index (κ3) is 0.596. The van der Waals surface area contributed by atoms with Gasteiger partial charge in [-0.15, -0.1) is 0 Å². The second-order valence-corrected chi connectivity index (χ2v) is 3.70. The SMILES string of the molecule is Cc1cn(C)c2c3c(ccc12)C3. The number of hydrogen-bond acceptors (Lipinski definition) is 0. The smallest absolute Gasteiger partial charge is 0.0519 e. The number of hydrogen-bond donors (Lipinski definition) is 0. The summed E-state index contributed by atoms with van der Waals surface area (Å²) in [6.45, 7) is 2.18. The van der Waals surface area contributed by atoms with E-state index in [0.29, 0.717) is 0 Å². The fourth-order valence-electron chi connectivity index (χ4n) is 2.11. The van der Waals surface area contributed by atoms with Gasteiger partial charge in [-0.2, -0.15) is 0 Å². The van der Waals surface area contributed by atoms with Crippen molar-refractivity contribution in [1.82, 2.24) is 4.57 Å². The summed E-state index contributed by atoms with van der Waals surface area (Å²) in [5, 5.41) is 1.42. The van der Waals surface area contributed by atoms with Crippen LogP contribution in [0.4, 0.5) is 0 Å². The van der Waals surface area contributed by atoms with E-state index in [2.05, 4.69) is 36.9 Å². The van der Waals surface area contributed by atoms with E-state index in [0.717, 1.165) is 0 Å². The monoisotopic (exact) mass is 157 g/mol. The zero-order valence-electron chi connectivity index (χ0n) is 7.39. The van der Waals surface area contributed by atoms with Gasteiger partial charge in [0.2, 0.25) is 0 Å². The lowest BCUT2D eigenvalue weighted by molar-refractivity contribution is 0.963. The van der Waals surface area contributed by atoms with Gasteiger partial charge in [-0.05, 0) is 23.6 Å². The van der Waals surface area contributed by atoms with Gasteiger partial charge in [-0.3, -0.25) is 0 Å². The Morgan fingerprint density at radius 2 is 2.17 bits per heavy atom. The standard InChI is InChI=1S/C11H11N/c1-7-6-12(2)11-9(7)4-3-8-5-10(8)11/h3-4,6H,5H2,1-2H3. The molecule has 0 atom stereocenters. The van der Waals surface area contributed by atoms with Gasteiger partial charge in [0, 0.05) is 25.1 Å². The van der Waals surface area contributed by atoms with Gasteiger partial charge < -0.3 is 4.57 Å². The summed E-state index contributed by atoms with van der Waals surface area (Å²) in [6, 6.07) is 4.50. The van der Waals surface area contributed by atoms with Gasteiger partial charge in [-0.1, -0.05) is 12.1 Å². The average molecular weight is 157 g/mol. The van der Waals surface area contributed by atoms with Crippen LogP contribution in [-0.4, -0.2) is 4.57 Å². The van der Waals surface area contributed by atoms with Crippen molar-refractivity contribution in [3.8, 4) is 0 Å². The normalized spacial score (nSPS) is 13.5. The number of fused-ring (bicyclic) bond motifs is 3. The molecule has 0 N–H and O–H groups in total. The zero-order chi connectivity index (χ0) is 8.29. The maximum absolute atomic E-state index is 2.25. The molecule has 0 spiro atoms. The Labute approximate surface area is 71.6 Å². The molecule has 1 heteroatoms. The summed E-state index contributed by atoms with van der Waals surface area (Å²) in [6.07, 6.45) is 3.42. The van der Waals surface area contributed by atoms with Crippen molar-refractivity contribution >= 4 is 10.9 Å². The lowest BCUT2D eigenvalue weighted by atomic mass is 10.2. The Balaban J connectivity index is 2.59. The van der Waals surface area contributed by atoms with Crippen molar-refractivity contribution in [2.75, 3.05) is 0 Å². The molecule has 1 heterocycles. The molecule has 60 valence electrons. The van der Waals surface area contributed by atoms with E-state index in [1.54, 1.807) is 5.56 Å². The molecule has 1 aliphatic carbocycles. The van der Waals surface area contributed by atoms with Crippen LogP contribution in [0.15, 0.2) is 18.3 Å². The molecule has 0 radical (unpaired) electrons. The molecule has 2 aromatic rings. The fraction of sp³-hybridized carbons (Fsp3) is 0.273. The molecular weight excluding hydrogens is 146 g/mol. The van der Waals surface area contributed by atoms with Gasteiger partial charge >= 0.3 is 0 Å². The summed E-state index contributed by atoms with van der Waals surface area (Å²) in [4.78, 5) is 0. The molecule has 1 aromatic heterocycles. The van der Waals surface area contributed by atoms with Crippen molar-refractivity contribution < 1.29 is 0 Å². The quantitative estimate of drug-likeness (QED) is 0.472. The summed E-state index contributed by atoms with van der Waals surface area (Å²) < 4.78 is 2.25. The highest BCUT2D eigenvalue weighted by Crippen LogP contribution is 2.36. The van der Waals surface area contributed by atoms with E-state index < -0.39 is 0 Å². The van der Waals surface area contributed by atoms with E-state index in [1.807, 2.05) is 0 Å². The number of rotatable bonds is 0. The third-order valence-corrected chi connectivity index (χ3v) is 2.79. The lowest BCUT2D eigenvalue weighted by Crippen LogP contribution is -1.82. The second kappa shape index (κ2) is 1.74. The van der Waals surface area contributed by atoms with E-state index in [-0.39, 0.29) is 0 Å². The molecule has 1 nitrogen and oxygen atoms in total. The highest BCUT2D eigenvalue weighted by atomic mass is 14.9. The lowest BCUT2D eigenvalue weighted by Gasteiger charge is -1.92. The Morgan fingerprint density at radius 1 is 1.33 bits per heavy atom. The van der Waals surface area contributed by atoms with Gasteiger partial charge in [-0.25, -0.2) is 0 Å². The van der Waals surface area contributed by atoms with Crippen molar-refractivity contribution in [2.45, 2.75) is 13.3 Å². The van der Waals surface area contributed by atoms with Crippen LogP contribution in [0.3, 0.4) is 0 Å². The molecule has 0 amide bonds. The highest BCUT2D eigenvalue weighted by molar-refractivity contribution is 5.91. The highest BCUT2D eigenvalue weighted by Gasteiger charge is 2.21. The van der Waals surface area contributed by atoms with Crippen LogP contribution < -0.4 is 0 Å². The Kier molecular flexibility index (Phi) is 0.912. The van der Waals surface area contributed by atoms with Crippen molar-refractivity contribution in [3.05, 3.63) is 35.0 Å². The van der Waals surface area contributed by atoms with Crippen LogP contribution in [-0.2, 0) is 13.5 Å². The van der Waals surface area contributed by atoms with E-state index in [9.17, 15) is 0 Å². The van der Waals surface area contributed by atoms with Crippen molar-refractivity contribution in [1.29, 1.82) is 0 Å². The Bertz CT molecular complexity index is 477. The van der Waals surface area contributed by atoms with Gasteiger partial charge in [0.1, 0.15) is 0 Å². The molecule has 0 unspecified atom stereocenters. The Morgan fingerprint density at radius 3 is 3.00 bits per heavy atom. The predicted octanol–water partition coefficient (Wildman–Crippen LogP) is 2.39. The molecule has 0 saturated carbocycles. The maximum atomic E-state index is 2.25. The van der Waals surface area contributed by atoms with Crippen molar-refractivity contribution in [3.63, 3.8) is 0 Å². The number of benzene rings is 1. The van der Waals surface area contributed by atoms with Gasteiger partial charge in [0.15, 0.2) is 0 Å². The van der Waals surface area contributed by atoms with Crippen LogP contribution in [0.2, 0.25) is 0 Å². The van der Waals surface area contributed by atoms with Crippen LogP contribution >= 0.6 is 0 Å². The van der Waals surface area contributed by atoms with Crippen LogP contribution in [0.1, 0.15) is 16.7 Å². The first-order valence-electron chi connectivity index (χ1n) is 4.34. The van der Waals surface area contributed by atoms with E-state index in [4.69, 9.17) is 0 Å². The predicted molar refractivity (Wildman–Crippen MR) is 50.5 cm³/mol. The van der Waals surface area contributed by atoms with E-state index in [1.165, 1.54) is 28.5 Å². The largest absolute Gasteiger partial charge is 0.350 e. The first-order valence-corrected chi connectivity index (χ1v) is 4.34. The molecule has 0 bridgehead atoms. The molecule has 0 fully saturated rings. The first-order chi connectivity index (χ1) is 5.77. The summed E-state index contributed by atoms with van der Waals surface area (Å²) in [7, 11) is 2.13. The van der Waals surface area contributed by atoms with Gasteiger partial charge in [0.25, 0.3) is 0 Å². The van der Waals surface area contributed by atoms with Gasteiger partial charge in [0.05, 0.1) is 5.52 Å². The minimum Gasteiger partial charge on any atom is -0.350 e. The average Bonchev–Trinajstić information content (AvgIpc) is 2.74. The summed E-state index contributed by atoms with van der Waals surface area (Å²) in [5.74, 6) is 0. The molecule has 3 rings (SSSR count). The molecule has 1 aliphatic rings. The van der Waals surface area contributed by atoms with E-state index >= 15 is 0 Å². The third-order valence-electron chi connectivity index (χ3n) is 2.79. The van der Waals surface area contributed by atoms with Crippen molar-refractivity contribution in [2.24, 2.45) is 7.05 Å². The topological polar surface area (TPSA) is 4.93 Å². The minimum absolute atomic E-state index is 1.21. The molecule has 0 saturated heterocycles. The maximum Gasteiger partial charge on any atom is 0.0519 e.